The molecule has 2 aliphatic rings. The first kappa shape index (κ1) is 19.3. The van der Waals surface area contributed by atoms with E-state index in [4.69, 9.17) is 11.6 Å². The van der Waals surface area contributed by atoms with Crippen molar-refractivity contribution in [3.05, 3.63) is 45.3 Å². The molecule has 1 fully saturated rings. The molecule has 0 unspecified atom stereocenters. The van der Waals surface area contributed by atoms with Crippen LogP contribution in [0.4, 0.5) is 10.7 Å². The van der Waals surface area contributed by atoms with Crippen molar-refractivity contribution in [3.8, 4) is 6.07 Å². The zero-order valence-corrected chi connectivity index (χ0v) is 17.3. The molecule has 1 aliphatic carbocycles. The Labute approximate surface area is 174 Å². The predicted octanol–water partition coefficient (Wildman–Crippen LogP) is 3.91. The van der Waals surface area contributed by atoms with Gasteiger partial charge in [-0.25, -0.2) is 0 Å². The zero-order valence-electron chi connectivity index (χ0n) is 15.7. The van der Waals surface area contributed by atoms with E-state index in [0.29, 0.717) is 12.1 Å². The molecule has 1 aromatic heterocycles. The molecule has 5 nitrogen and oxygen atoms in total. The number of carbonyl (C=O) groups is 1. The van der Waals surface area contributed by atoms with E-state index in [9.17, 15) is 10.1 Å². The molecule has 4 rings (SSSR count). The second-order valence-electron chi connectivity index (χ2n) is 7.29. The Morgan fingerprint density at radius 2 is 1.93 bits per heavy atom. The fourth-order valence-corrected chi connectivity index (χ4v) is 5.51. The SMILES string of the molecule is N#Cc1c(NC(=O)CN2CCN(c3ccccc3Cl)CC2)sc2c1CCCC2. The van der Waals surface area contributed by atoms with Gasteiger partial charge in [0.15, 0.2) is 0 Å². The van der Waals surface area contributed by atoms with E-state index in [1.165, 1.54) is 11.3 Å². The monoisotopic (exact) mass is 414 g/mol. The van der Waals surface area contributed by atoms with Crippen LogP contribution >= 0.6 is 22.9 Å². The van der Waals surface area contributed by atoms with Crippen LogP contribution in [0, 0.1) is 11.3 Å². The van der Waals surface area contributed by atoms with E-state index in [1.807, 2.05) is 24.3 Å². The van der Waals surface area contributed by atoms with Gasteiger partial charge in [0.25, 0.3) is 0 Å². The number of carbonyl (C=O) groups excluding carboxylic acids is 1. The number of nitrogens with zero attached hydrogens (tertiary/aromatic N) is 3. The largest absolute Gasteiger partial charge is 0.368 e. The van der Waals surface area contributed by atoms with Crippen molar-refractivity contribution in [2.45, 2.75) is 25.7 Å². The van der Waals surface area contributed by atoms with Gasteiger partial charge in [-0.1, -0.05) is 23.7 Å². The van der Waals surface area contributed by atoms with Gasteiger partial charge in [-0.2, -0.15) is 5.26 Å². The number of aryl methyl sites for hydroxylation is 1. The number of nitrogens with one attached hydrogen (secondary N) is 1. The summed E-state index contributed by atoms with van der Waals surface area (Å²) in [5.74, 6) is -0.0405. The van der Waals surface area contributed by atoms with Crippen LogP contribution in [-0.2, 0) is 17.6 Å². The summed E-state index contributed by atoms with van der Waals surface area (Å²) in [7, 11) is 0. The third-order valence-corrected chi connectivity index (χ3v) is 7.00. The van der Waals surface area contributed by atoms with Crippen LogP contribution in [0.1, 0.15) is 28.8 Å². The van der Waals surface area contributed by atoms with Gasteiger partial charge in [0.1, 0.15) is 11.1 Å². The van der Waals surface area contributed by atoms with E-state index >= 15 is 0 Å². The van der Waals surface area contributed by atoms with Gasteiger partial charge in [0, 0.05) is 31.1 Å². The standard InChI is InChI=1S/C21H23ClN4OS/c22-17-6-2-3-7-18(17)26-11-9-25(10-12-26)14-20(27)24-21-16(13-23)15-5-1-4-8-19(15)28-21/h2-3,6-7H,1,4-5,8-12,14H2,(H,24,27). The van der Waals surface area contributed by atoms with Gasteiger partial charge >= 0.3 is 0 Å². The Kier molecular flexibility index (Phi) is 5.86. The van der Waals surface area contributed by atoms with Gasteiger partial charge in [0.05, 0.1) is 22.8 Å². The van der Waals surface area contributed by atoms with Gasteiger partial charge in [-0.05, 0) is 43.4 Å². The number of halogens is 1. The minimum Gasteiger partial charge on any atom is -0.368 e. The molecule has 2 aromatic rings. The fourth-order valence-electron chi connectivity index (χ4n) is 4.00. The van der Waals surface area contributed by atoms with Crippen molar-refractivity contribution in [2.75, 3.05) is 42.9 Å². The van der Waals surface area contributed by atoms with Crippen LogP contribution in [0.3, 0.4) is 0 Å². The first-order valence-electron chi connectivity index (χ1n) is 9.72. The second kappa shape index (κ2) is 8.52. The van der Waals surface area contributed by atoms with Crippen molar-refractivity contribution in [3.63, 3.8) is 0 Å². The van der Waals surface area contributed by atoms with E-state index < -0.39 is 0 Å². The quantitative estimate of drug-likeness (QED) is 0.823. The molecule has 0 saturated carbocycles. The maximum atomic E-state index is 12.6. The highest BCUT2D eigenvalue weighted by atomic mass is 35.5. The van der Waals surface area contributed by atoms with E-state index in [0.717, 1.165) is 66.7 Å². The van der Waals surface area contributed by atoms with Crippen molar-refractivity contribution >= 4 is 39.5 Å². The van der Waals surface area contributed by atoms with Crippen molar-refractivity contribution in [2.24, 2.45) is 0 Å². The second-order valence-corrected chi connectivity index (χ2v) is 8.80. The molecule has 0 radical (unpaired) electrons. The number of thiophene rings is 1. The van der Waals surface area contributed by atoms with Crippen molar-refractivity contribution < 1.29 is 4.79 Å². The van der Waals surface area contributed by atoms with Gasteiger partial charge in [-0.3, -0.25) is 9.69 Å². The van der Waals surface area contributed by atoms with Crippen molar-refractivity contribution in [1.82, 2.24) is 4.90 Å². The molecule has 28 heavy (non-hydrogen) atoms. The molecular formula is C21H23ClN4OS. The highest BCUT2D eigenvalue weighted by molar-refractivity contribution is 7.16. The van der Waals surface area contributed by atoms with E-state index in [2.05, 4.69) is 21.2 Å². The van der Waals surface area contributed by atoms with Crippen LogP contribution in [0.2, 0.25) is 5.02 Å². The Morgan fingerprint density at radius 1 is 1.18 bits per heavy atom. The number of hydrogen-bond acceptors (Lipinski definition) is 5. The molecule has 0 atom stereocenters. The number of rotatable bonds is 4. The lowest BCUT2D eigenvalue weighted by Crippen LogP contribution is -2.48. The maximum absolute atomic E-state index is 12.6. The van der Waals surface area contributed by atoms with Crippen LogP contribution in [0.5, 0.6) is 0 Å². The number of amides is 1. The Hall–Kier alpha value is -2.07. The van der Waals surface area contributed by atoms with Gasteiger partial charge in [0.2, 0.25) is 5.91 Å². The highest BCUT2D eigenvalue weighted by Crippen LogP contribution is 2.37. The van der Waals surface area contributed by atoms with Crippen LogP contribution < -0.4 is 10.2 Å². The number of hydrogen-bond donors (Lipinski definition) is 1. The summed E-state index contributed by atoms with van der Waals surface area (Å²) >= 11 is 7.88. The van der Waals surface area contributed by atoms with Crippen molar-refractivity contribution in [1.29, 1.82) is 5.26 Å². The third kappa shape index (κ3) is 4.02. The Balaban J connectivity index is 1.34. The first-order valence-corrected chi connectivity index (χ1v) is 10.9. The number of benzene rings is 1. The summed E-state index contributed by atoms with van der Waals surface area (Å²) in [6, 6.07) is 10.2. The number of piperazine rings is 1. The molecule has 0 bridgehead atoms. The third-order valence-electron chi connectivity index (χ3n) is 5.47. The van der Waals surface area contributed by atoms with E-state index in [-0.39, 0.29) is 5.91 Å². The summed E-state index contributed by atoms with van der Waals surface area (Å²) in [5, 5.41) is 14.0. The van der Waals surface area contributed by atoms with Crippen LogP contribution in [-0.4, -0.2) is 43.5 Å². The number of anilines is 2. The first-order chi connectivity index (χ1) is 13.7. The summed E-state index contributed by atoms with van der Waals surface area (Å²) in [6.45, 7) is 3.65. The molecule has 1 aromatic carbocycles. The maximum Gasteiger partial charge on any atom is 0.239 e. The molecule has 146 valence electrons. The van der Waals surface area contributed by atoms with Crippen LogP contribution in [0.15, 0.2) is 24.3 Å². The predicted molar refractivity (Wildman–Crippen MR) is 114 cm³/mol. The molecule has 1 aliphatic heterocycles. The summed E-state index contributed by atoms with van der Waals surface area (Å²) < 4.78 is 0. The lowest BCUT2D eigenvalue weighted by Gasteiger charge is -2.36. The van der Waals surface area contributed by atoms with Gasteiger partial charge < -0.3 is 10.2 Å². The summed E-state index contributed by atoms with van der Waals surface area (Å²) in [5.41, 5.74) is 2.88. The molecule has 7 heteroatoms. The van der Waals surface area contributed by atoms with E-state index in [1.54, 1.807) is 11.3 Å². The molecular weight excluding hydrogens is 392 g/mol. The normalized spacial score (nSPS) is 17.1. The Bertz CT molecular complexity index is 912. The van der Waals surface area contributed by atoms with Gasteiger partial charge in [-0.15, -0.1) is 11.3 Å². The minimum atomic E-state index is -0.0405. The van der Waals surface area contributed by atoms with Crippen LogP contribution in [0.25, 0.3) is 0 Å². The summed E-state index contributed by atoms with van der Waals surface area (Å²) in [4.78, 5) is 18.3. The molecule has 1 N–H and O–H groups in total. The molecule has 2 heterocycles. The number of para-hydroxylation sites is 1. The zero-order chi connectivity index (χ0) is 19.5. The highest BCUT2D eigenvalue weighted by Gasteiger charge is 2.24. The number of nitriles is 1. The molecule has 0 spiro atoms. The molecule has 1 amide bonds. The minimum absolute atomic E-state index is 0.0405. The number of fused-ring (bicyclic) bond motifs is 1. The topological polar surface area (TPSA) is 59.4 Å². The Morgan fingerprint density at radius 3 is 2.68 bits per heavy atom. The summed E-state index contributed by atoms with van der Waals surface area (Å²) in [6.07, 6.45) is 4.27. The smallest absolute Gasteiger partial charge is 0.239 e. The molecule has 1 saturated heterocycles. The average Bonchev–Trinajstić information content (AvgIpc) is 3.06. The fraction of sp³-hybridized carbons (Fsp3) is 0.429. The lowest BCUT2D eigenvalue weighted by atomic mass is 9.96. The average molecular weight is 415 g/mol. The lowest BCUT2D eigenvalue weighted by molar-refractivity contribution is -0.117.